The standard InChI is InChI=1S/C18H30N4OS.HI/c1-5-12-11-21-14(24-12)7-9-20-17(19-6-2)22-15-13-8-10-23-16(13)18(15,3)4;/h11,13,15-16H,5-10H2,1-4H3,(H2,19,20,22);1H. The molecule has 142 valence electrons. The second-order valence-corrected chi connectivity index (χ2v) is 8.47. The molecular weight excluding hydrogens is 447 g/mol. The first-order chi connectivity index (χ1) is 11.6. The van der Waals surface area contributed by atoms with Crippen LogP contribution in [0.2, 0.25) is 0 Å². The monoisotopic (exact) mass is 478 g/mol. The van der Waals surface area contributed by atoms with Crippen LogP contribution in [0, 0.1) is 11.3 Å². The van der Waals surface area contributed by atoms with E-state index in [0.717, 1.165) is 44.9 Å². The van der Waals surface area contributed by atoms with Crippen molar-refractivity contribution in [2.45, 2.75) is 59.1 Å². The fraction of sp³-hybridized carbons (Fsp3) is 0.778. The van der Waals surface area contributed by atoms with E-state index in [2.05, 4.69) is 43.3 Å². The summed E-state index contributed by atoms with van der Waals surface area (Å²) in [4.78, 5) is 10.6. The minimum Gasteiger partial charge on any atom is -0.377 e. The normalized spacial score (nSPS) is 27.2. The molecule has 3 rings (SSSR count). The molecule has 1 saturated carbocycles. The maximum Gasteiger partial charge on any atom is 0.191 e. The van der Waals surface area contributed by atoms with Crippen LogP contribution in [-0.2, 0) is 17.6 Å². The molecule has 1 aliphatic carbocycles. The Hall–Kier alpha value is -0.410. The van der Waals surface area contributed by atoms with Crippen molar-refractivity contribution in [2.24, 2.45) is 16.3 Å². The second kappa shape index (κ2) is 8.99. The first kappa shape index (κ1) is 20.9. The molecule has 7 heteroatoms. The van der Waals surface area contributed by atoms with E-state index in [4.69, 9.17) is 9.73 Å². The molecule has 0 bridgehead atoms. The molecule has 2 heterocycles. The molecule has 1 aliphatic heterocycles. The van der Waals surface area contributed by atoms with E-state index >= 15 is 0 Å². The van der Waals surface area contributed by atoms with Crippen molar-refractivity contribution in [3.63, 3.8) is 0 Å². The lowest BCUT2D eigenvalue weighted by Crippen LogP contribution is -2.68. The van der Waals surface area contributed by atoms with E-state index in [1.54, 1.807) is 11.3 Å². The number of rotatable bonds is 6. The highest BCUT2D eigenvalue weighted by Crippen LogP contribution is 2.52. The van der Waals surface area contributed by atoms with Gasteiger partial charge in [-0.2, -0.15) is 0 Å². The van der Waals surface area contributed by atoms with Gasteiger partial charge in [-0.3, -0.25) is 4.99 Å². The third-order valence-corrected chi connectivity index (χ3v) is 6.48. The zero-order valence-electron chi connectivity index (χ0n) is 15.7. The highest BCUT2D eigenvalue weighted by atomic mass is 127. The largest absolute Gasteiger partial charge is 0.377 e. The van der Waals surface area contributed by atoms with Gasteiger partial charge in [0.1, 0.15) is 0 Å². The molecule has 2 N–H and O–H groups in total. The van der Waals surface area contributed by atoms with Crippen molar-refractivity contribution in [1.82, 2.24) is 15.6 Å². The zero-order valence-corrected chi connectivity index (χ0v) is 18.8. The highest BCUT2D eigenvalue weighted by molar-refractivity contribution is 14.0. The molecular formula is C18H31IN4OS. The molecule has 1 aromatic heterocycles. The number of hydrogen-bond acceptors (Lipinski definition) is 4. The highest BCUT2D eigenvalue weighted by Gasteiger charge is 2.59. The van der Waals surface area contributed by atoms with E-state index in [-0.39, 0.29) is 29.4 Å². The molecule has 2 fully saturated rings. The lowest BCUT2D eigenvalue weighted by Gasteiger charge is -2.54. The van der Waals surface area contributed by atoms with Crippen molar-refractivity contribution >= 4 is 41.3 Å². The SMILES string of the molecule is CCNC(=NCCc1ncc(CC)s1)NC1C2CCOC2C1(C)C.I. The number of fused-ring (bicyclic) bond motifs is 1. The fourth-order valence-corrected chi connectivity index (χ4v) is 4.83. The van der Waals surface area contributed by atoms with Crippen LogP contribution in [0.3, 0.4) is 0 Å². The summed E-state index contributed by atoms with van der Waals surface area (Å²) in [6, 6.07) is 0.439. The summed E-state index contributed by atoms with van der Waals surface area (Å²) in [5.41, 5.74) is 0.169. The van der Waals surface area contributed by atoms with Crippen LogP contribution in [0.25, 0.3) is 0 Å². The van der Waals surface area contributed by atoms with Crippen LogP contribution in [0.15, 0.2) is 11.2 Å². The van der Waals surface area contributed by atoms with Crippen molar-refractivity contribution in [2.75, 3.05) is 19.7 Å². The van der Waals surface area contributed by atoms with Gasteiger partial charge >= 0.3 is 0 Å². The van der Waals surface area contributed by atoms with Gasteiger partial charge in [0.2, 0.25) is 0 Å². The van der Waals surface area contributed by atoms with Gasteiger partial charge in [-0.05, 0) is 19.8 Å². The van der Waals surface area contributed by atoms with E-state index in [1.165, 1.54) is 9.88 Å². The minimum absolute atomic E-state index is 0. The number of halogens is 1. The van der Waals surface area contributed by atoms with E-state index in [9.17, 15) is 0 Å². The van der Waals surface area contributed by atoms with Gasteiger partial charge in [0, 0.05) is 54.6 Å². The van der Waals surface area contributed by atoms with Crippen LogP contribution in [0.5, 0.6) is 0 Å². The maximum atomic E-state index is 5.88. The third kappa shape index (κ3) is 4.47. The Bertz CT molecular complexity index is 589. The van der Waals surface area contributed by atoms with Crippen LogP contribution >= 0.6 is 35.3 Å². The summed E-state index contributed by atoms with van der Waals surface area (Å²) in [7, 11) is 0. The average Bonchev–Trinajstić information content (AvgIpc) is 3.20. The molecule has 0 amide bonds. The smallest absolute Gasteiger partial charge is 0.191 e. The number of nitrogens with zero attached hydrogens (tertiary/aromatic N) is 2. The number of aromatic nitrogens is 1. The van der Waals surface area contributed by atoms with Crippen LogP contribution < -0.4 is 10.6 Å². The topological polar surface area (TPSA) is 58.5 Å². The Kier molecular flexibility index (Phi) is 7.52. The Morgan fingerprint density at radius 3 is 2.92 bits per heavy atom. The summed E-state index contributed by atoms with van der Waals surface area (Å²) >= 11 is 1.80. The Morgan fingerprint density at radius 1 is 1.44 bits per heavy atom. The summed E-state index contributed by atoms with van der Waals surface area (Å²) in [6.45, 7) is 11.4. The quantitative estimate of drug-likeness (QED) is 0.375. The number of thiazole rings is 1. The zero-order chi connectivity index (χ0) is 17.2. The van der Waals surface area contributed by atoms with E-state index in [0.29, 0.717) is 18.1 Å². The fourth-order valence-electron chi connectivity index (χ4n) is 3.97. The van der Waals surface area contributed by atoms with Gasteiger partial charge in [-0.15, -0.1) is 35.3 Å². The third-order valence-electron chi connectivity index (χ3n) is 5.28. The first-order valence-electron chi connectivity index (χ1n) is 9.16. The number of aryl methyl sites for hydroxylation is 1. The van der Waals surface area contributed by atoms with Crippen molar-refractivity contribution in [3.05, 3.63) is 16.1 Å². The molecule has 0 spiro atoms. The molecule has 0 aromatic carbocycles. The van der Waals surface area contributed by atoms with Gasteiger partial charge in [-0.1, -0.05) is 20.8 Å². The van der Waals surface area contributed by atoms with Crippen LogP contribution in [0.4, 0.5) is 0 Å². The molecule has 25 heavy (non-hydrogen) atoms. The van der Waals surface area contributed by atoms with Crippen molar-refractivity contribution < 1.29 is 4.74 Å². The number of hydrogen-bond donors (Lipinski definition) is 2. The van der Waals surface area contributed by atoms with Crippen molar-refractivity contribution in [1.29, 1.82) is 0 Å². The lowest BCUT2D eigenvalue weighted by atomic mass is 9.57. The van der Waals surface area contributed by atoms with Gasteiger partial charge in [0.25, 0.3) is 0 Å². The van der Waals surface area contributed by atoms with Gasteiger partial charge < -0.3 is 15.4 Å². The molecule has 1 aromatic rings. The summed E-state index contributed by atoms with van der Waals surface area (Å²) in [6.07, 6.45) is 5.52. The van der Waals surface area contributed by atoms with E-state index in [1.807, 2.05) is 6.20 Å². The predicted molar refractivity (Wildman–Crippen MR) is 115 cm³/mol. The molecule has 0 radical (unpaired) electrons. The molecule has 1 saturated heterocycles. The van der Waals surface area contributed by atoms with Gasteiger partial charge in [0.15, 0.2) is 5.96 Å². The molecule has 3 atom stereocenters. The molecule has 2 aliphatic rings. The van der Waals surface area contributed by atoms with Gasteiger partial charge in [0.05, 0.1) is 11.1 Å². The minimum atomic E-state index is 0. The summed E-state index contributed by atoms with van der Waals surface area (Å²) < 4.78 is 5.88. The second-order valence-electron chi connectivity index (χ2n) is 7.27. The Balaban J connectivity index is 0.00000225. The van der Waals surface area contributed by atoms with Gasteiger partial charge in [-0.25, -0.2) is 4.98 Å². The Morgan fingerprint density at radius 2 is 2.24 bits per heavy atom. The summed E-state index contributed by atoms with van der Waals surface area (Å²) in [5, 5.41) is 8.22. The summed E-state index contributed by atoms with van der Waals surface area (Å²) in [5.74, 6) is 1.54. The molecule has 3 unspecified atom stereocenters. The Labute approximate surface area is 172 Å². The van der Waals surface area contributed by atoms with Crippen LogP contribution in [0.1, 0.15) is 44.0 Å². The maximum absolute atomic E-state index is 5.88. The first-order valence-corrected chi connectivity index (χ1v) is 9.98. The molecule has 5 nitrogen and oxygen atoms in total. The number of guanidine groups is 1. The number of ether oxygens (including phenoxy) is 1. The average molecular weight is 478 g/mol. The van der Waals surface area contributed by atoms with Crippen LogP contribution in [-0.4, -0.2) is 42.8 Å². The lowest BCUT2D eigenvalue weighted by molar-refractivity contribution is -0.106. The van der Waals surface area contributed by atoms with E-state index < -0.39 is 0 Å². The predicted octanol–water partition coefficient (Wildman–Crippen LogP) is 3.23. The number of aliphatic imine (C=N–C) groups is 1. The number of nitrogens with one attached hydrogen (secondary N) is 2. The van der Waals surface area contributed by atoms with Crippen molar-refractivity contribution in [3.8, 4) is 0 Å².